The predicted octanol–water partition coefficient (Wildman–Crippen LogP) is 1.27. The second kappa shape index (κ2) is 3.49. The normalized spacial score (nSPS) is 12.7. The van der Waals surface area contributed by atoms with Gasteiger partial charge in [-0.3, -0.25) is 0 Å². The Labute approximate surface area is 80.7 Å². The smallest absolute Gasteiger partial charge is 0.322 e. The van der Waals surface area contributed by atoms with E-state index in [1.54, 1.807) is 19.3 Å². The molecule has 6 nitrogen and oxygen atoms in total. The van der Waals surface area contributed by atoms with Gasteiger partial charge in [0.05, 0.1) is 6.04 Å². The zero-order valence-corrected chi connectivity index (χ0v) is 7.98. The van der Waals surface area contributed by atoms with E-state index in [1.807, 2.05) is 6.92 Å². The maximum atomic E-state index is 4.92. The molecular formula is C8H11N5O. The van der Waals surface area contributed by atoms with Gasteiger partial charge in [-0.15, -0.1) is 0 Å². The van der Waals surface area contributed by atoms with E-state index < -0.39 is 0 Å². The Morgan fingerprint density at radius 1 is 1.57 bits per heavy atom. The summed E-state index contributed by atoms with van der Waals surface area (Å²) in [6.45, 7) is 3.73. The lowest BCUT2D eigenvalue weighted by Crippen LogP contribution is -2.08. The Hall–Kier alpha value is -1.85. The zero-order valence-electron chi connectivity index (χ0n) is 7.98. The van der Waals surface area contributed by atoms with Crippen molar-refractivity contribution >= 4 is 6.01 Å². The summed E-state index contributed by atoms with van der Waals surface area (Å²) in [6, 6.07) is 0.427. The van der Waals surface area contributed by atoms with Gasteiger partial charge < -0.3 is 14.8 Å². The van der Waals surface area contributed by atoms with Crippen molar-refractivity contribution in [1.82, 2.24) is 20.1 Å². The van der Waals surface area contributed by atoms with Gasteiger partial charge in [0.1, 0.15) is 5.82 Å². The van der Waals surface area contributed by atoms with Crippen molar-refractivity contribution in [3.8, 4) is 0 Å². The molecule has 6 heteroatoms. The van der Waals surface area contributed by atoms with Crippen LogP contribution in [0.1, 0.15) is 24.6 Å². The molecule has 1 atom stereocenters. The van der Waals surface area contributed by atoms with Crippen LogP contribution >= 0.6 is 0 Å². The fraction of sp³-hybridized carbons (Fsp3) is 0.375. The molecule has 2 N–H and O–H groups in total. The maximum Gasteiger partial charge on any atom is 0.322 e. The Kier molecular flexibility index (Phi) is 2.18. The van der Waals surface area contributed by atoms with E-state index in [-0.39, 0.29) is 6.04 Å². The fourth-order valence-electron chi connectivity index (χ4n) is 1.12. The summed E-state index contributed by atoms with van der Waals surface area (Å²) in [4.78, 5) is 11.1. The topological polar surface area (TPSA) is 79.6 Å². The molecule has 0 fully saturated rings. The highest BCUT2D eigenvalue weighted by Crippen LogP contribution is 2.13. The lowest BCUT2D eigenvalue weighted by atomic mass is 10.3. The minimum Gasteiger partial charge on any atom is -0.347 e. The van der Waals surface area contributed by atoms with Crippen LogP contribution in [0.2, 0.25) is 0 Å². The van der Waals surface area contributed by atoms with Gasteiger partial charge in [0.25, 0.3) is 0 Å². The van der Waals surface area contributed by atoms with Gasteiger partial charge in [0.2, 0.25) is 0 Å². The van der Waals surface area contributed by atoms with Crippen LogP contribution in [0.3, 0.4) is 0 Å². The number of aromatic nitrogens is 4. The minimum atomic E-state index is 0.0184. The molecule has 0 aromatic carbocycles. The number of hydrogen-bond acceptors (Lipinski definition) is 5. The van der Waals surface area contributed by atoms with Gasteiger partial charge in [0.15, 0.2) is 5.82 Å². The fourth-order valence-corrected chi connectivity index (χ4v) is 1.12. The molecule has 0 spiro atoms. The standard InChI is InChI=1S/C8H11N5O/c1-5(7-9-3-4-10-7)11-8-12-6(2)13-14-8/h3-5H,1-2H3,(H,9,10)(H,11,12,13). The van der Waals surface area contributed by atoms with E-state index in [9.17, 15) is 0 Å². The van der Waals surface area contributed by atoms with Crippen molar-refractivity contribution in [2.75, 3.05) is 5.32 Å². The summed E-state index contributed by atoms with van der Waals surface area (Å²) in [5.74, 6) is 1.44. The summed E-state index contributed by atoms with van der Waals surface area (Å²) < 4.78 is 4.92. The lowest BCUT2D eigenvalue weighted by Gasteiger charge is -2.07. The summed E-state index contributed by atoms with van der Waals surface area (Å²) in [7, 11) is 0. The Bertz CT molecular complexity index is 394. The molecule has 74 valence electrons. The van der Waals surface area contributed by atoms with Crippen molar-refractivity contribution in [3.63, 3.8) is 0 Å². The molecule has 2 aromatic rings. The second-order valence-corrected chi connectivity index (χ2v) is 2.99. The number of aromatic amines is 1. The first kappa shape index (κ1) is 8.74. The minimum absolute atomic E-state index is 0.0184. The van der Waals surface area contributed by atoms with Crippen molar-refractivity contribution in [1.29, 1.82) is 0 Å². The Morgan fingerprint density at radius 2 is 2.43 bits per heavy atom. The first-order valence-electron chi connectivity index (χ1n) is 4.32. The summed E-state index contributed by atoms with van der Waals surface area (Å²) in [5, 5.41) is 6.70. The van der Waals surface area contributed by atoms with Crippen LogP contribution < -0.4 is 5.32 Å². The van der Waals surface area contributed by atoms with Crippen LogP contribution in [0.25, 0.3) is 0 Å². The van der Waals surface area contributed by atoms with Crippen molar-refractivity contribution < 1.29 is 4.52 Å². The number of hydrogen-bond donors (Lipinski definition) is 2. The summed E-state index contributed by atoms with van der Waals surface area (Å²) in [5.41, 5.74) is 0. The molecule has 2 heterocycles. The monoisotopic (exact) mass is 193 g/mol. The molecule has 0 aliphatic rings. The number of rotatable bonds is 3. The van der Waals surface area contributed by atoms with E-state index in [4.69, 9.17) is 4.52 Å². The van der Waals surface area contributed by atoms with Crippen LogP contribution in [0.15, 0.2) is 16.9 Å². The molecule has 0 saturated heterocycles. The lowest BCUT2D eigenvalue weighted by molar-refractivity contribution is 0.422. The third-order valence-electron chi connectivity index (χ3n) is 1.80. The van der Waals surface area contributed by atoms with Gasteiger partial charge in [-0.1, -0.05) is 5.16 Å². The molecule has 0 saturated carbocycles. The highest BCUT2D eigenvalue weighted by Gasteiger charge is 2.10. The second-order valence-electron chi connectivity index (χ2n) is 2.99. The first-order valence-corrected chi connectivity index (χ1v) is 4.32. The quantitative estimate of drug-likeness (QED) is 0.767. The van der Waals surface area contributed by atoms with Crippen LogP contribution in [-0.2, 0) is 0 Å². The van der Waals surface area contributed by atoms with Crippen LogP contribution in [0, 0.1) is 6.92 Å². The Balaban J connectivity index is 2.05. The average Bonchev–Trinajstić information content (AvgIpc) is 2.75. The van der Waals surface area contributed by atoms with Crippen LogP contribution in [0.5, 0.6) is 0 Å². The van der Waals surface area contributed by atoms with Crippen LogP contribution in [0.4, 0.5) is 6.01 Å². The first-order chi connectivity index (χ1) is 6.75. The number of aryl methyl sites for hydroxylation is 1. The summed E-state index contributed by atoms with van der Waals surface area (Å²) >= 11 is 0. The molecule has 14 heavy (non-hydrogen) atoms. The third kappa shape index (κ3) is 1.73. The average molecular weight is 193 g/mol. The summed E-state index contributed by atoms with van der Waals surface area (Å²) in [6.07, 6.45) is 3.47. The van der Waals surface area contributed by atoms with Crippen molar-refractivity contribution in [2.45, 2.75) is 19.9 Å². The number of imidazole rings is 1. The molecule has 0 aliphatic carbocycles. The molecule has 0 radical (unpaired) electrons. The zero-order chi connectivity index (χ0) is 9.97. The largest absolute Gasteiger partial charge is 0.347 e. The van der Waals surface area contributed by atoms with E-state index in [0.29, 0.717) is 11.8 Å². The number of anilines is 1. The van der Waals surface area contributed by atoms with Gasteiger partial charge in [-0.25, -0.2) is 4.98 Å². The molecule has 2 aromatic heterocycles. The predicted molar refractivity (Wildman–Crippen MR) is 49.7 cm³/mol. The van der Waals surface area contributed by atoms with Gasteiger partial charge >= 0.3 is 6.01 Å². The molecule has 0 bridgehead atoms. The number of nitrogens with zero attached hydrogens (tertiary/aromatic N) is 3. The van der Waals surface area contributed by atoms with E-state index >= 15 is 0 Å². The van der Waals surface area contributed by atoms with Crippen molar-refractivity contribution in [3.05, 3.63) is 24.0 Å². The van der Waals surface area contributed by atoms with Gasteiger partial charge in [-0.05, 0) is 13.8 Å². The maximum absolute atomic E-state index is 4.92. The van der Waals surface area contributed by atoms with Gasteiger partial charge in [-0.2, -0.15) is 4.98 Å². The SMILES string of the molecule is Cc1noc(NC(C)c2ncc[nH]2)n1. The number of nitrogens with one attached hydrogen (secondary N) is 2. The van der Waals surface area contributed by atoms with E-state index in [2.05, 4.69) is 25.4 Å². The molecule has 0 aliphatic heterocycles. The van der Waals surface area contributed by atoms with Crippen molar-refractivity contribution in [2.24, 2.45) is 0 Å². The molecule has 0 amide bonds. The van der Waals surface area contributed by atoms with Gasteiger partial charge in [0, 0.05) is 12.4 Å². The highest BCUT2D eigenvalue weighted by atomic mass is 16.5. The molecular weight excluding hydrogens is 182 g/mol. The third-order valence-corrected chi connectivity index (χ3v) is 1.80. The molecule has 2 rings (SSSR count). The highest BCUT2D eigenvalue weighted by molar-refractivity contribution is 5.22. The van der Waals surface area contributed by atoms with Crippen LogP contribution in [-0.4, -0.2) is 20.1 Å². The van der Waals surface area contributed by atoms with E-state index in [0.717, 1.165) is 5.82 Å². The Morgan fingerprint density at radius 3 is 3.00 bits per heavy atom. The molecule has 1 unspecified atom stereocenters. The number of H-pyrrole nitrogens is 1. The van der Waals surface area contributed by atoms with E-state index in [1.165, 1.54) is 0 Å².